The monoisotopic (exact) mass is 218 g/mol. The largest absolute Gasteiger partial charge is 0.457 e. The van der Waals surface area contributed by atoms with E-state index in [0.29, 0.717) is 0 Å². The van der Waals surface area contributed by atoms with Crippen molar-refractivity contribution in [1.82, 2.24) is 0 Å². The lowest BCUT2D eigenvalue weighted by molar-refractivity contribution is -0.158. The molecule has 2 heteroatoms. The molecule has 0 bridgehead atoms. The third kappa shape index (κ3) is 2.11. The second-order valence-electron chi connectivity index (χ2n) is 5.38. The fourth-order valence-corrected chi connectivity index (χ4v) is 1.95. The Morgan fingerprint density at radius 3 is 2.69 bits per heavy atom. The van der Waals surface area contributed by atoms with Crippen molar-refractivity contribution in [1.29, 1.82) is 0 Å². The highest BCUT2D eigenvalue weighted by Gasteiger charge is 2.30. The molecule has 0 aromatic heterocycles. The van der Waals surface area contributed by atoms with Gasteiger partial charge >= 0.3 is 5.97 Å². The van der Waals surface area contributed by atoms with Gasteiger partial charge in [0, 0.05) is 0 Å². The second-order valence-corrected chi connectivity index (χ2v) is 5.38. The minimum absolute atomic E-state index is 0.0390. The van der Waals surface area contributed by atoms with E-state index in [-0.39, 0.29) is 12.1 Å². The van der Waals surface area contributed by atoms with Gasteiger partial charge in [-0.25, -0.2) is 0 Å². The molecule has 0 amide bonds. The lowest BCUT2D eigenvalue weighted by Crippen LogP contribution is -2.24. The van der Waals surface area contributed by atoms with Crippen molar-refractivity contribution >= 4 is 5.97 Å². The van der Waals surface area contributed by atoms with Crippen molar-refractivity contribution < 1.29 is 9.53 Å². The minimum atomic E-state index is -0.419. The van der Waals surface area contributed by atoms with Crippen molar-refractivity contribution in [3.63, 3.8) is 0 Å². The molecule has 1 aromatic rings. The van der Waals surface area contributed by atoms with Crippen LogP contribution in [-0.4, -0.2) is 5.97 Å². The van der Waals surface area contributed by atoms with Crippen molar-refractivity contribution in [3.8, 4) is 0 Å². The summed E-state index contributed by atoms with van der Waals surface area (Å²) in [5.41, 5.74) is 2.08. The second kappa shape index (κ2) is 3.93. The van der Waals surface area contributed by atoms with Gasteiger partial charge in [-0.3, -0.25) is 4.79 Å². The summed E-state index contributed by atoms with van der Waals surface area (Å²) in [4.78, 5) is 11.8. The highest BCUT2D eigenvalue weighted by atomic mass is 16.5. The summed E-state index contributed by atoms with van der Waals surface area (Å²) in [7, 11) is 0. The summed E-state index contributed by atoms with van der Waals surface area (Å²) >= 11 is 0. The number of aryl methyl sites for hydroxylation is 1. The molecule has 16 heavy (non-hydrogen) atoms. The van der Waals surface area contributed by atoms with Gasteiger partial charge in [0.2, 0.25) is 0 Å². The predicted molar refractivity (Wildman–Crippen MR) is 63.1 cm³/mol. The van der Waals surface area contributed by atoms with Crippen LogP contribution in [0.4, 0.5) is 0 Å². The van der Waals surface area contributed by atoms with Crippen LogP contribution in [-0.2, 0) is 16.0 Å². The number of rotatable bonds is 1. The molecule has 86 valence electrons. The van der Waals surface area contributed by atoms with Gasteiger partial charge < -0.3 is 4.74 Å². The Morgan fingerprint density at radius 2 is 2.00 bits per heavy atom. The molecule has 0 heterocycles. The first-order chi connectivity index (χ1) is 7.48. The average Bonchev–Trinajstić information content (AvgIpc) is 2.61. The van der Waals surface area contributed by atoms with Crippen LogP contribution < -0.4 is 0 Å². The maximum absolute atomic E-state index is 11.8. The highest BCUT2D eigenvalue weighted by Crippen LogP contribution is 2.35. The van der Waals surface area contributed by atoms with Crippen LogP contribution in [0.5, 0.6) is 0 Å². The fraction of sp³-hybridized carbons (Fsp3) is 0.500. The van der Waals surface area contributed by atoms with E-state index in [1.807, 2.05) is 32.9 Å². The first kappa shape index (κ1) is 11.2. The summed E-state index contributed by atoms with van der Waals surface area (Å²) in [6.07, 6.45) is 1.89. The normalized spacial score (nSPS) is 19.3. The molecule has 0 radical (unpaired) electrons. The molecule has 1 aliphatic rings. The van der Waals surface area contributed by atoms with Crippen LogP contribution in [0.2, 0.25) is 0 Å². The first-order valence-corrected chi connectivity index (χ1v) is 5.77. The lowest BCUT2D eigenvalue weighted by atomic mass is 9.97. The number of hydrogen-bond acceptors (Lipinski definition) is 2. The van der Waals surface area contributed by atoms with Gasteiger partial charge in [-0.05, 0) is 44.7 Å². The van der Waals surface area contributed by atoms with Crippen LogP contribution in [0.15, 0.2) is 24.3 Å². The van der Waals surface area contributed by atoms with Gasteiger partial charge in [0.15, 0.2) is 0 Å². The Morgan fingerprint density at radius 1 is 1.31 bits per heavy atom. The number of benzene rings is 1. The molecule has 1 aromatic carbocycles. The molecule has 0 saturated heterocycles. The molecule has 1 aliphatic carbocycles. The summed E-state index contributed by atoms with van der Waals surface area (Å²) in [5.74, 6) is -0.116. The predicted octanol–water partition coefficient (Wildman–Crippen LogP) is 3.26. The van der Waals surface area contributed by atoms with Crippen molar-refractivity contribution in [2.45, 2.75) is 39.7 Å². The molecule has 0 saturated carbocycles. The van der Waals surface area contributed by atoms with E-state index >= 15 is 0 Å². The van der Waals surface area contributed by atoms with Gasteiger partial charge in [-0.15, -0.1) is 0 Å². The van der Waals surface area contributed by atoms with Gasteiger partial charge in [0.1, 0.15) is 6.10 Å². The quantitative estimate of drug-likeness (QED) is 0.676. The lowest BCUT2D eigenvalue weighted by Gasteiger charge is -2.21. The molecule has 0 fully saturated rings. The van der Waals surface area contributed by atoms with Crippen molar-refractivity contribution in [2.75, 3.05) is 0 Å². The van der Waals surface area contributed by atoms with E-state index in [2.05, 4.69) is 12.1 Å². The zero-order chi connectivity index (χ0) is 11.8. The van der Waals surface area contributed by atoms with Gasteiger partial charge in [-0.2, -0.15) is 0 Å². The van der Waals surface area contributed by atoms with Gasteiger partial charge in [0.05, 0.1) is 5.41 Å². The molecule has 2 rings (SSSR count). The maximum Gasteiger partial charge on any atom is 0.311 e. The van der Waals surface area contributed by atoms with Gasteiger partial charge in [-0.1, -0.05) is 24.3 Å². The molecule has 0 aliphatic heterocycles. The smallest absolute Gasteiger partial charge is 0.311 e. The van der Waals surface area contributed by atoms with Crippen molar-refractivity contribution in [2.24, 2.45) is 5.41 Å². The van der Waals surface area contributed by atoms with E-state index in [0.717, 1.165) is 12.8 Å². The first-order valence-electron chi connectivity index (χ1n) is 5.77. The van der Waals surface area contributed by atoms with Crippen LogP contribution >= 0.6 is 0 Å². The number of hydrogen-bond donors (Lipinski definition) is 0. The van der Waals surface area contributed by atoms with Crippen LogP contribution in [0.1, 0.15) is 44.4 Å². The Balaban J connectivity index is 2.12. The molecular formula is C14H18O2. The highest BCUT2D eigenvalue weighted by molar-refractivity contribution is 5.75. The number of carbonyl (C=O) groups excluding carboxylic acids is 1. The summed E-state index contributed by atoms with van der Waals surface area (Å²) in [5, 5.41) is 0. The molecule has 0 spiro atoms. The maximum atomic E-state index is 11.8. The number of fused-ring (bicyclic) bond motifs is 1. The van der Waals surface area contributed by atoms with E-state index in [4.69, 9.17) is 4.74 Å². The zero-order valence-corrected chi connectivity index (χ0v) is 10.1. The van der Waals surface area contributed by atoms with E-state index in [1.54, 1.807) is 0 Å². The topological polar surface area (TPSA) is 26.3 Å². The Labute approximate surface area is 96.6 Å². The standard InChI is InChI=1S/C14H18O2/c1-14(2,3)13(15)16-12-9-8-10-6-4-5-7-11(10)12/h4-7,12H,8-9H2,1-3H3. The third-order valence-corrected chi connectivity index (χ3v) is 2.94. The molecule has 0 N–H and O–H groups in total. The number of carbonyl (C=O) groups is 1. The average molecular weight is 218 g/mol. The van der Waals surface area contributed by atoms with E-state index in [1.165, 1.54) is 11.1 Å². The number of ether oxygens (including phenoxy) is 1. The van der Waals surface area contributed by atoms with Crippen LogP contribution in [0.25, 0.3) is 0 Å². The summed E-state index contributed by atoms with van der Waals surface area (Å²) in [6, 6.07) is 8.21. The summed E-state index contributed by atoms with van der Waals surface area (Å²) < 4.78 is 5.56. The molecule has 1 unspecified atom stereocenters. The summed E-state index contributed by atoms with van der Waals surface area (Å²) in [6.45, 7) is 5.66. The zero-order valence-electron chi connectivity index (χ0n) is 10.1. The SMILES string of the molecule is CC(C)(C)C(=O)OC1CCc2ccccc21. The van der Waals surface area contributed by atoms with Crippen LogP contribution in [0, 0.1) is 5.41 Å². The Bertz CT molecular complexity index is 401. The molecule has 1 atom stereocenters. The third-order valence-electron chi connectivity index (χ3n) is 2.94. The Kier molecular flexibility index (Phi) is 2.75. The van der Waals surface area contributed by atoms with Crippen LogP contribution in [0.3, 0.4) is 0 Å². The van der Waals surface area contributed by atoms with E-state index < -0.39 is 5.41 Å². The number of esters is 1. The molecular weight excluding hydrogens is 200 g/mol. The fourth-order valence-electron chi connectivity index (χ4n) is 1.95. The van der Waals surface area contributed by atoms with Crippen molar-refractivity contribution in [3.05, 3.63) is 35.4 Å². The minimum Gasteiger partial charge on any atom is -0.457 e. The Hall–Kier alpha value is -1.31. The van der Waals surface area contributed by atoms with E-state index in [9.17, 15) is 4.79 Å². The van der Waals surface area contributed by atoms with Gasteiger partial charge in [0.25, 0.3) is 0 Å². The molecule has 2 nitrogen and oxygen atoms in total.